The van der Waals surface area contributed by atoms with Crippen molar-refractivity contribution in [2.75, 3.05) is 12.4 Å². The van der Waals surface area contributed by atoms with E-state index in [4.69, 9.17) is 0 Å². The lowest BCUT2D eigenvalue weighted by atomic mass is 10.1. The first-order valence-electron chi connectivity index (χ1n) is 8.20. The Morgan fingerprint density at radius 3 is 2.68 bits per heavy atom. The number of amides is 1. The maximum atomic E-state index is 13.0. The molecule has 0 aliphatic rings. The second kappa shape index (κ2) is 8.13. The second-order valence-corrected chi connectivity index (χ2v) is 6.99. The molecule has 2 N–H and O–H groups in total. The molecule has 0 aliphatic heterocycles. The van der Waals surface area contributed by atoms with E-state index in [0.29, 0.717) is 22.0 Å². The number of esters is 1. The number of thiazole rings is 1. The fraction of sp³-hybridized carbons (Fsp3) is 0.158. The lowest BCUT2D eigenvalue weighted by Gasteiger charge is -2.05. The molecular weight excluding hydrogens is 385 g/mol. The summed E-state index contributed by atoms with van der Waals surface area (Å²) in [4.78, 5) is 43.2. The summed E-state index contributed by atoms with van der Waals surface area (Å²) >= 11 is 1.19. The number of aryl methyl sites for hydroxylation is 1. The van der Waals surface area contributed by atoms with Crippen LogP contribution in [-0.4, -0.2) is 29.0 Å². The molecule has 1 amide bonds. The number of benzene rings is 1. The second-order valence-electron chi connectivity index (χ2n) is 5.90. The molecule has 9 heteroatoms. The molecule has 0 saturated heterocycles. The molecule has 144 valence electrons. The number of halogens is 1. The van der Waals surface area contributed by atoms with Crippen LogP contribution in [0.25, 0.3) is 0 Å². The number of methoxy groups -OCH3 is 1. The van der Waals surface area contributed by atoms with E-state index in [1.165, 1.54) is 42.8 Å². The summed E-state index contributed by atoms with van der Waals surface area (Å²) in [6.07, 6.45) is 1.67. The van der Waals surface area contributed by atoms with Gasteiger partial charge >= 0.3 is 5.97 Å². The van der Waals surface area contributed by atoms with Crippen LogP contribution in [0.2, 0.25) is 0 Å². The fourth-order valence-electron chi connectivity index (χ4n) is 2.51. The zero-order valence-electron chi connectivity index (χ0n) is 15.0. The van der Waals surface area contributed by atoms with Crippen LogP contribution in [0.1, 0.15) is 36.3 Å². The molecule has 2 heterocycles. The van der Waals surface area contributed by atoms with E-state index in [2.05, 4.69) is 20.0 Å². The molecule has 7 nitrogen and oxygen atoms in total. The van der Waals surface area contributed by atoms with Crippen LogP contribution in [0.15, 0.2) is 41.3 Å². The average molecular weight is 401 g/mol. The lowest BCUT2D eigenvalue weighted by molar-refractivity contribution is 0.0600. The largest absolute Gasteiger partial charge is 0.465 e. The Bertz CT molecular complexity index is 1090. The van der Waals surface area contributed by atoms with Gasteiger partial charge in [0.1, 0.15) is 16.4 Å². The summed E-state index contributed by atoms with van der Waals surface area (Å²) in [6.45, 7) is 1.69. The molecule has 0 aliphatic carbocycles. The first-order valence-corrected chi connectivity index (χ1v) is 9.02. The van der Waals surface area contributed by atoms with Crippen LogP contribution in [0.4, 0.5) is 10.1 Å². The van der Waals surface area contributed by atoms with Crippen LogP contribution in [0.3, 0.4) is 0 Å². The Balaban J connectivity index is 1.80. The molecule has 0 spiro atoms. The van der Waals surface area contributed by atoms with Crippen molar-refractivity contribution in [3.05, 3.63) is 79.4 Å². The number of H-pyrrole nitrogens is 1. The number of nitrogens with zero attached hydrogens (tertiary/aromatic N) is 1. The first kappa shape index (κ1) is 19.4. The maximum Gasteiger partial charge on any atom is 0.339 e. The Hall–Kier alpha value is -3.33. The van der Waals surface area contributed by atoms with Crippen molar-refractivity contribution in [2.45, 2.75) is 13.3 Å². The highest BCUT2D eigenvalue weighted by molar-refractivity contribution is 7.14. The van der Waals surface area contributed by atoms with Crippen LogP contribution < -0.4 is 10.9 Å². The van der Waals surface area contributed by atoms with Gasteiger partial charge in [-0.05, 0) is 30.7 Å². The molecule has 3 aromatic rings. The number of hydrogen-bond donors (Lipinski definition) is 2. The number of ether oxygens (including phenoxy) is 1. The predicted octanol–water partition coefficient (Wildman–Crippen LogP) is 2.91. The summed E-state index contributed by atoms with van der Waals surface area (Å²) in [5, 5.41) is 3.19. The van der Waals surface area contributed by atoms with E-state index >= 15 is 0 Å². The normalized spacial score (nSPS) is 10.5. The SMILES string of the molecule is COC(=O)c1c[nH]c(=O)c(NC(=O)c2sc(Cc3ccc(F)cc3)nc2C)c1. The van der Waals surface area contributed by atoms with Gasteiger partial charge in [-0.15, -0.1) is 11.3 Å². The van der Waals surface area contributed by atoms with E-state index in [9.17, 15) is 18.8 Å². The summed E-state index contributed by atoms with van der Waals surface area (Å²) < 4.78 is 17.6. The molecule has 1 aromatic carbocycles. The van der Waals surface area contributed by atoms with Gasteiger partial charge in [0, 0.05) is 12.6 Å². The monoisotopic (exact) mass is 401 g/mol. The van der Waals surface area contributed by atoms with Gasteiger partial charge in [0.15, 0.2) is 0 Å². The number of nitrogens with one attached hydrogen (secondary N) is 2. The number of aromatic amines is 1. The van der Waals surface area contributed by atoms with E-state index in [0.717, 1.165) is 5.56 Å². The van der Waals surface area contributed by atoms with Crippen molar-refractivity contribution >= 4 is 28.9 Å². The van der Waals surface area contributed by atoms with Crippen molar-refractivity contribution < 1.29 is 18.7 Å². The van der Waals surface area contributed by atoms with Crippen LogP contribution in [0, 0.1) is 12.7 Å². The highest BCUT2D eigenvalue weighted by Gasteiger charge is 2.18. The average Bonchev–Trinajstić information content (AvgIpc) is 3.05. The minimum atomic E-state index is -0.637. The number of hydrogen-bond acceptors (Lipinski definition) is 6. The van der Waals surface area contributed by atoms with Gasteiger partial charge in [0.2, 0.25) is 0 Å². The molecule has 28 heavy (non-hydrogen) atoms. The summed E-state index contributed by atoms with van der Waals surface area (Å²) in [7, 11) is 1.22. The van der Waals surface area contributed by atoms with Gasteiger partial charge in [-0.1, -0.05) is 12.1 Å². The molecule has 0 radical (unpaired) electrons. The predicted molar refractivity (Wildman–Crippen MR) is 102 cm³/mol. The molecule has 0 unspecified atom stereocenters. The van der Waals surface area contributed by atoms with Crippen molar-refractivity contribution in [2.24, 2.45) is 0 Å². The van der Waals surface area contributed by atoms with Gasteiger partial charge in [-0.2, -0.15) is 0 Å². The molecule has 0 saturated carbocycles. The fourth-order valence-corrected chi connectivity index (χ4v) is 3.50. The van der Waals surface area contributed by atoms with E-state index < -0.39 is 17.4 Å². The molecular formula is C19H16FN3O4S. The summed E-state index contributed by atoms with van der Waals surface area (Å²) in [6, 6.07) is 7.29. The van der Waals surface area contributed by atoms with Crippen LogP contribution in [-0.2, 0) is 11.2 Å². The summed E-state index contributed by atoms with van der Waals surface area (Å²) in [5.41, 5.74) is 0.871. The molecule has 0 atom stereocenters. The van der Waals surface area contributed by atoms with Crippen molar-refractivity contribution in [1.82, 2.24) is 9.97 Å². The Labute approximate surface area is 163 Å². The van der Waals surface area contributed by atoms with Gasteiger partial charge in [0.05, 0.1) is 23.4 Å². The van der Waals surface area contributed by atoms with Crippen LogP contribution >= 0.6 is 11.3 Å². The van der Waals surface area contributed by atoms with Crippen LogP contribution in [0.5, 0.6) is 0 Å². The Kier molecular flexibility index (Phi) is 5.65. The standard InChI is InChI=1S/C19H16FN3O4S/c1-10-16(28-15(22-10)7-11-3-5-13(20)6-4-11)18(25)23-14-8-12(19(26)27-2)9-21-17(14)24/h3-6,8-9H,7H2,1-2H3,(H,21,24)(H,23,25). The highest BCUT2D eigenvalue weighted by Crippen LogP contribution is 2.22. The number of carbonyl (C=O) groups is 2. The van der Waals surface area contributed by atoms with E-state index in [1.54, 1.807) is 19.1 Å². The first-order chi connectivity index (χ1) is 13.4. The lowest BCUT2D eigenvalue weighted by Crippen LogP contribution is -2.20. The van der Waals surface area contributed by atoms with Crippen molar-refractivity contribution in [3.63, 3.8) is 0 Å². The topological polar surface area (TPSA) is 101 Å². The van der Waals surface area contributed by atoms with Gasteiger partial charge in [-0.25, -0.2) is 14.2 Å². The third-order valence-corrected chi connectivity index (χ3v) is 5.04. The van der Waals surface area contributed by atoms with Gasteiger partial charge in [-0.3, -0.25) is 9.59 Å². The molecule has 0 fully saturated rings. The maximum absolute atomic E-state index is 13.0. The zero-order chi connectivity index (χ0) is 20.3. The van der Waals surface area contributed by atoms with Crippen molar-refractivity contribution in [3.8, 4) is 0 Å². The number of anilines is 1. The van der Waals surface area contributed by atoms with Gasteiger partial charge < -0.3 is 15.0 Å². The van der Waals surface area contributed by atoms with Gasteiger partial charge in [0.25, 0.3) is 11.5 Å². The minimum absolute atomic E-state index is 0.0687. The van der Waals surface area contributed by atoms with Crippen molar-refractivity contribution in [1.29, 1.82) is 0 Å². The smallest absolute Gasteiger partial charge is 0.339 e. The number of pyridine rings is 1. The number of carbonyl (C=O) groups excluding carboxylic acids is 2. The van der Waals surface area contributed by atoms with E-state index in [1.807, 2.05) is 0 Å². The molecule has 0 bridgehead atoms. The minimum Gasteiger partial charge on any atom is -0.465 e. The van der Waals surface area contributed by atoms with E-state index in [-0.39, 0.29) is 17.1 Å². The molecule has 2 aromatic heterocycles. The summed E-state index contributed by atoms with van der Waals surface area (Å²) in [5.74, 6) is -1.46. The number of aromatic nitrogens is 2. The third-order valence-electron chi connectivity index (χ3n) is 3.89. The highest BCUT2D eigenvalue weighted by atomic mass is 32.1. The third kappa shape index (κ3) is 4.32. The Morgan fingerprint density at radius 1 is 1.29 bits per heavy atom. The Morgan fingerprint density at radius 2 is 2.00 bits per heavy atom. The quantitative estimate of drug-likeness (QED) is 0.640. The zero-order valence-corrected chi connectivity index (χ0v) is 15.9. The molecule has 3 rings (SSSR count). The number of rotatable bonds is 5.